The van der Waals surface area contributed by atoms with Crippen LogP contribution in [0.15, 0.2) is 24.3 Å². The van der Waals surface area contributed by atoms with Crippen molar-refractivity contribution in [1.29, 1.82) is 0 Å². The lowest BCUT2D eigenvalue weighted by Crippen LogP contribution is -2.51. The van der Waals surface area contributed by atoms with Gasteiger partial charge in [-0.2, -0.15) is 0 Å². The van der Waals surface area contributed by atoms with Gasteiger partial charge in [-0.1, -0.05) is 24.3 Å². The third kappa shape index (κ3) is 3.31. The zero-order chi connectivity index (χ0) is 17.9. The van der Waals surface area contributed by atoms with E-state index in [1.54, 1.807) is 6.92 Å². The number of nitrogens with zero attached hydrogens (tertiary/aromatic N) is 1. The zero-order valence-electron chi connectivity index (χ0n) is 14.2. The molecule has 0 radical (unpaired) electrons. The van der Waals surface area contributed by atoms with Gasteiger partial charge in [0.1, 0.15) is 6.61 Å². The Morgan fingerprint density at radius 2 is 2.16 bits per heavy atom. The molecule has 1 atom stereocenters. The SMILES string of the molecule is CCOC(=O)C1(NC(=O)CCN2CCOC2=O)CCc2ccccc21. The van der Waals surface area contributed by atoms with Gasteiger partial charge in [0, 0.05) is 13.0 Å². The average molecular weight is 346 g/mol. The summed E-state index contributed by atoms with van der Waals surface area (Å²) in [6.07, 6.45) is 0.883. The van der Waals surface area contributed by atoms with Crippen LogP contribution in [-0.4, -0.2) is 49.2 Å². The molecule has 7 heteroatoms. The van der Waals surface area contributed by atoms with Crippen molar-refractivity contribution in [1.82, 2.24) is 10.2 Å². The summed E-state index contributed by atoms with van der Waals surface area (Å²) in [6, 6.07) is 7.59. The summed E-state index contributed by atoms with van der Waals surface area (Å²) in [4.78, 5) is 38.1. The third-order valence-corrected chi connectivity index (χ3v) is 4.68. The molecule has 1 aliphatic heterocycles. The van der Waals surface area contributed by atoms with Crippen LogP contribution in [0.25, 0.3) is 0 Å². The molecule has 1 heterocycles. The van der Waals surface area contributed by atoms with Crippen molar-refractivity contribution in [3.05, 3.63) is 35.4 Å². The minimum Gasteiger partial charge on any atom is -0.464 e. The summed E-state index contributed by atoms with van der Waals surface area (Å²) in [6.45, 7) is 3.09. The number of carbonyl (C=O) groups is 3. The molecule has 3 rings (SSSR count). The van der Waals surface area contributed by atoms with E-state index in [-0.39, 0.29) is 25.5 Å². The second kappa shape index (κ2) is 7.13. The lowest BCUT2D eigenvalue weighted by atomic mass is 9.91. The summed E-state index contributed by atoms with van der Waals surface area (Å²) in [5, 5.41) is 2.88. The van der Waals surface area contributed by atoms with Crippen molar-refractivity contribution < 1.29 is 23.9 Å². The molecule has 1 N–H and O–H groups in total. The minimum atomic E-state index is -1.14. The molecule has 1 saturated heterocycles. The van der Waals surface area contributed by atoms with E-state index >= 15 is 0 Å². The molecule has 1 aliphatic carbocycles. The van der Waals surface area contributed by atoms with Gasteiger partial charge < -0.3 is 19.7 Å². The summed E-state index contributed by atoms with van der Waals surface area (Å²) in [5.74, 6) is -0.724. The number of hydrogen-bond donors (Lipinski definition) is 1. The molecule has 134 valence electrons. The van der Waals surface area contributed by atoms with Crippen molar-refractivity contribution >= 4 is 18.0 Å². The maximum atomic E-state index is 12.7. The van der Waals surface area contributed by atoms with Crippen molar-refractivity contribution in [3.8, 4) is 0 Å². The first kappa shape index (κ1) is 17.3. The van der Waals surface area contributed by atoms with Gasteiger partial charge in [0.15, 0.2) is 5.54 Å². The zero-order valence-corrected chi connectivity index (χ0v) is 14.2. The Kier molecular flexibility index (Phi) is 4.92. The molecule has 0 spiro atoms. The minimum absolute atomic E-state index is 0.110. The molecule has 2 aliphatic rings. The van der Waals surface area contributed by atoms with Crippen LogP contribution in [-0.2, 0) is 31.0 Å². The number of ether oxygens (including phenoxy) is 2. The van der Waals surface area contributed by atoms with Crippen LogP contribution in [0.4, 0.5) is 4.79 Å². The van der Waals surface area contributed by atoms with Crippen LogP contribution in [0.3, 0.4) is 0 Å². The van der Waals surface area contributed by atoms with Crippen LogP contribution >= 0.6 is 0 Å². The van der Waals surface area contributed by atoms with E-state index in [9.17, 15) is 14.4 Å². The number of cyclic esters (lactones) is 1. The van der Waals surface area contributed by atoms with Crippen molar-refractivity contribution in [2.45, 2.75) is 31.7 Å². The largest absolute Gasteiger partial charge is 0.464 e. The number of fused-ring (bicyclic) bond motifs is 1. The van der Waals surface area contributed by atoms with Gasteiger partial charge in [-0.05, 0) is 30.9 Å². The Morgan fingerprint density at radius 3 is 2.88 bits per heavy atom. The highest BCUT2D eigenvalue weighted by Crippen LogP contribution is 2.38. The van der Waals surface area contributed by atoms with Gasteiger partial charge in [-0.15, -0.1) is 0 Å². The first-order chi connectivity index (χ1) is 12.1. The molecule has 1 unspecified atom stereocenters. The number of esters is 1. The Balaban J connectivity index is 1.74. The van der Waals surface area contributed by atoms with Gasteiger partial charge in [0.2, 0.25) is 5.91 Å². The third-order valence-electron chi connectivity index (χ3n) is 4.68. The Bertz CT molecular complexity index is 690. The van der Waals surface area contributed by atoms with E-state index in [2.05, 4.69) is 5.32 Å². The lowest BCUT2D eigenvalue weighted by Gasteiger charge is -2.29. The van der Waals surface area contributed by atoms with Crippen LogP contribution in [0.1, 0.15) is 30.9 Å². The highest BCUT2D eigenvalue weighted by molar-refractivity contribution is 5.90. The van der Waals surface area contributed by atoms with E-state index in [1.807, 2.05) is 24.3 Å². The van der Waals surface area contributed by atoms with E-state index < -0.39 is 17.6 Å². The molecular formula is C18H22N2O5. The summed E-state index contributed by atoms with van der Waals surface area (Å²) in [7, 11) is 0. The highest BCUT2D eigenvalue weighted by atomic mass is 16.6. The molecule has 0 bridgehead atoms. The maximum Gasteiger partial charge on any atom is 0.409 e. The lowest BCUT2D eigenvalue weighted by molar-refractivity contribution is -0.154. The van der Waals surface area contributed by atoms with E-state index in [0.29, 0.717) is 26.0 Å². The number of carbonyl (C=O) groups excluding carboxylic acids is 3. The topological polar surface area (TPSA) is 84.9 Å². The normalized spacial score (nSPS) is 21.6. The number of rotatable bonds is 6. The quantitative estimate of drug-likeness (QED) is 0.786. The number of aryl methyl sites for hydroxylation is 1. The Morgan fingerprint density at radius 1 is 1.36 bits per heavy atom. The fourth-order valence-corrected chi connectivity index (χ4v) is 3.42. The fourth-order valence-electron chi connectivity index (χ4n) is 3.42. The predicted molar refractivity (Wildman–Crippen MR) is 88.8 cm³/mol. The van der Waals surface area contributed by atoms with Crippen molar-refractivity contribution in [3.63, 3.8) is 0 Å². The van der Waals surface area contributed by atoms with E-state index in [4.69, 9.17) is 9.47 Å². The molecule has 1 aromatic carbocycles. The first-order valence-electron chi connectivity index (χ1n) is 8.55. The standard InChI is InChI=1S/C18H22N2O5/c1-2-24-16(22)18(9-7-13-5-3-4-6-14(13)18)19-15(21)8-10-20-11-12-25-17(20)23/h3-6H,2,7-12H2,1H3,(H,19,21). The van der Waals surface area contributed by atoms with Crippen LogP contribution in [0.5, 0.6) is 0 Å². The van der Waals surface area contributed by atoms with E-state index in [1.165, 1.54) is 4.90 Å². The average Bonchev–Trinajstić information content (AvgIpc) is 3.18. The van der Waals surface area contributed by atoms with Crippen LogP contribution in [0, 0.1) is 0 Å². The van der Waals surface area contributed by atoms with Gasteiger partial charge >= 0.3 is 12.1 Å². The molecule has 0 aromatic heterocycles. The smallest absolute Gasteiger partial charge is 0.409 e. The predicted octanol–water partition coefficient (Wildman–Crippen LogP) is 1.35. The number of hydrogen-bond acceptors (Lipinski definition) is 5. The highest BCUT2D eigenvalue weighted by Gasteiger charge is 2.47. The molecular weight excluding hydrogens is 324 g/mol. The first-order valence-corrected chi connectivity index (χ1v) is 8.55. The van der Waals surface area contributed by atoms with Gasteiger partial charge in [0.25, 0.3) is 0 Å². The number of nitrogens with one attached hydrogen (secondary N) is 1. The molecule has 1 aromatic rings. The van der Waals surface area contributed by atoms with Crippen molar-refractivity contribution in [2.75, 3.05) is 26.3 Å². The second-order valence-corrected chi connectivity index (χ2v) is 6.18. The van der Waals surface area contributed by atoms with Gasteiger partial charge in [-0.3, -0.25) is 4.79 Å². The summed E-state index contributed by atoms with van der Waals surface area (Å²) >= 11 is 0. The second-order valence-electron chi connectivity index (χ2n) is 6.18. The Labute approximate surface area is 146 Å². The summed E-state index contributed by atoms with van der Waals surface area (Å²) in [5.41, 5.74) is 0.691. The Hall–Kier alpha value is -2.57. The molecule has 2 amide bonds. The van der Waals surface area contributed by atoms with Gasteiger partial charge in [0.05, 0.1) is 13.2 Å². The summed E-state index contributed by atoms with van der Waals surface area (Å²) < 4.78 is 10.1. The number of amides is 2. The molecule has 25 heavy (non-hydrogen) atoms. The maximum absolute atomic E-state index is 12.7. The van der Waals surface area contributed by atoms with Gasteiger partial charge in [-0.25, -0.2) is 9.59 Å². The van der Waals surface area contributed by atoms with Crippen molar-refractivity contribution in [2.24, 2.45) is 0 Å². The fraction of sp³-hybridized carbons (Fsp3) is 0.500. The monoisotopic (exact) mass is 346 g/mol. The molecule has 7 nitrogen and oxygen atoms in total. The molecule has 0 saturated carbocycles. The number of benzene rings is 1. The van der Waals surface area contributed by atoms with Crippen LogP contribution < -0.4 is 5.32 Å². The van der Waals surface area contributed by atoms with Crippen LogP contribution in [0.2, 0.25) is 0 Å². The van der Waals surface area contributed by atoms with E-state index in [0.717, 1.165) is 11.1 Å². The molecule has 1 fully saturated rings.